The van der Waals surface area contributed by atoms with Gasteiger partial charge in [-0.1, -0.05) is 42.8 Å². The molecule has 0 heterocycles. The first kappa shape index (κ1) is 31.4. The van der Waals surface area contributed by atoms with Gasteiger partial charge in [-0.25, -0.2) is 4.79 Å². The third kappa shape index (κ3) is 14.6. The SMILES string of the molecule is CCc1cc(OCCCCCl)ccc1-c1ccc(C)cc1.COC(=O)COC(C)(C)C.NC=O. The highest BCUT2D eigenvalue weighted by atomic mass is 35.5. The molecule has 0 aliphatic carbocycles. The van der Waals surface area contributed by atoms with Gasteiger partial charge in [-0.2, -0.15) is 0 Å². The molecule has 0 unspecified atom stereocenters. The molecular weight excluding hydrogens is 454 g/mol. The first-order valence-electron chi connectivity index (χ1n) is 11.4. The Morgan fingerprint density at radius 2 is 1.71 bits per heavy atom. The molecule has 34 heavy (non-hydrogen) atoms. The van der Waals surface area contributed by atoms with Gasteiger partial charge in [0.15, 0.2) is 0 Å². The number of carbonyl (C=O) groups excluding carboxylic acids is 2. The Labute approximate surface area is 209 Å². The van der Waals surface area contributed by atoms with E-state index in [0.717, 1.165) is 31.6 Å². The lowest BCUT2D eigenvalue weighted by molar-refractivity contribution is -0.150. The van der Waals surface area contributed by atoms with Crippen molar-refractivity contribution >= 4 is 24.0 Å². The number of unbranched alkanes of at least 4 members (excludes halogenated alkanes) is 1. The van der Waals surface area contributed by atoms with Crippen molar-refractivity contribution in [2.75, 3.05) is 26.2 Å². The third-order valence-electron chi connectivity index (χ3n) is 4.47. The van der Waals surface area contributed by atoms with Gasteiger partial charge in [0.1, 0.15) is 12.4 Å². The van der Waals surface area contributed by atoms with E-state index in [1.807, 2.05) is 20.8 Å². The molecule has 0 saturated heterocycles. The van der Waals surface area contributed by atoms with Crippen LogP contribution in [-0.4, -0.2) is 44.2 Å². The van der Waals surface area contributed by atoms with E-state index in [4.69, 9.17) is 25.9 Å². The van der Waals surface area contributed by atoms with Crippen molar-refractivity contribution in [2.45, 2.75) is 59.5 Å². The molecule has 6 nitrogen and oxygen atoms in total. The lowest BCUT2D eigenvalue weighted by Crippen LogP contribution is -2.24. The van der Waals surface area contributed by atoms with Gasteiger partial charge in [0.25, 0.3) is 0 Å². The number of aryl methyl sites for hydroxylation is 2. The van der Waals surface area contributed by atoms with Crippen molar-refractivity contribution in [1.29, 1.82) is 0 Å². The van der Waals surface area contributed by atoms with Crippen LogP contribution in [0.4, 0.5) is 0 Å². The fourth-order valence-electron chi connectivity index (χ4n) is 2.69. The topological polar surface area (TPSA) is 87.8 Å². The van der Waals surface area contributed by atoms with Crippen LogP contribution in [0.5, 0.6) is 5.75 Å². The number of amides is 1. The molecule has 0 atom stereocenters. The average molecular weight is 494 g/mol. The maximum Gasteiger partial charge on any atom is 0.331 e. The van der Waals surface area contributed by atoms with Gasteiger partial charge >= 0.3 is 5.97 Å². The fraction of sp³-hybridized carbons (Fsp3) is 0.481. The van der Waals surface area contributed by atoms with Gasteiger partial charge in [-0.15, -0.1) is 11.6 Å². The van der Waals surface area contributed by atoms with Gasteiger partial charge in [-0.05, 0) is 75.8 Å². The summed E-state index contributed by atoms with van der Waals surface area (Å²) in [5.74, 6) is 1.32. The second-order valence-electron chi connectivity index (χ2n) is 8.40. The summed E-state index contributed by atoms with van der Waals surface area (Å²) in [4.78, 5) is 19.1. The van der Waals surface area contributed by atoms with Crippen molar-refractivity contribution < 1.29 is 23.8 Å². The quantitative estimate of drug-likeness (QED) is 0.209. The van der Waals surface area contributed by atoms with Crippen molar-refractivity contribution in [1.82, 2.24) is 0 Å². The van der Waals surface area contributed by atoms with E-state index in [9.17, 15) is 4.79 Å². The summed E-state index contributed by atoms with van der Waals surface area (Å²) >= 11 is 5.68. The second-order valence-corrected chi connectivity index (χ2v) is 8.77. The molecule has 1 amide bonds. The molecule has 0 aliphatic rings. The molecule has 0 radical (unpaired) electrons. The van der Waals surface area contributed by atoms with Gasteiger partial charge in [-0.3, -0.25) is 4.79 Å². The summed E-state index contributed by atoms with van der Waals surface area (Å²) in [6.07, 6.45) is 3.26. The number of ether oxygens (including phenoxy) is 3. The number of methoxy groups -OCH3 is 1. The van der Waals surface area contributed by atoms with Gasteiger partial charge in [0.2, 0.25) is 6.41 Å². The predicted octanol–water partition coefficient (Wildman–Crippen LogP) is 5.70. The zero-order chi connectivity index (χ0) is 26.0. The Kier molecular flexibility index (Phi) is 16.5. The summed E-state index contributed by atoms with van der Waals surface area (Å²) < 4.78 is 15.3. The minimum absolute atomic E-state index is 0.0278. The Hall–Kier alpha value is -2.57. The van der Waals surface area contributed by atoms with Gasteiger partial charge in [0, 0.05) is 5.88 Å². The number of hydrogen-bond acceptors (Lipinski definition) is 5. The number of nitrogens with two attached hydrogens (primary N) is 1. The number of carbonyl (C=O) groups is 2. The highest BCUT2D eigenvalue weighted by Crippen LogP contribution is 2.28. The number of benzene rings is 2. The molecule has 0 saturated carbocycles. The minimum atomic E-state index is -0.338. The molecule has 2 rings (SSSR count). The summed E-state index contributed by atoms with van der Waals surface area (Å²) in [6, 6.07) is 15.1. The summed E-state index contributed by atoms with van der Waals surface area (Å²) in [5, 5.41) is 0. The Balaban J connectivity index is 0.000000704. The van der Waals surface area contributed by atoms with Crippen LogP contribution in [-0.2, 0) is 25.5 Å². The molecule has 7 heteroatoms. The van der Waals surface area contributed by atoms with Crippen LogP contribution in [0.15, 0.2) is 42.5 Å². The lowest BCUT2D eigenvalue weighted by Gasteiger charge is -2.17. The molecule has 0 aromatic heterocycles. The molecule has 0 bridgehead atoms. The van der Waals surface area contributed by atoms with E-state index in [-0.39, 0.29) is 24.6 Å². The van der Waals surface area contributed by atoms with Crippen molar-refractivity contribution in [2.24, 2.45) is 5.73 Å². The van der Waals surface area contributed by atoms with Gasteiger partial charge < -0.3 is 19.9 Å². The van der Waals surface area contributed by atoms with Crippen LogP contribution in [0.25, 0.3) is 11.1 Å². The maximum atomic E-state index is 10.5. The number of rotatable bonds is 9. The van der Waals surface area contributed by atoms with E-state index < -0.39 is 0 Å². The zero-order valence-corrected chi connectivity index (χ0v) is 22.1. The van der Waals surface area contributed by atoms with Crippen molar-refractivity contribution in [3.63, 3.8) is 0 Å². The molecule has 2 aromatic rings. The van der Waals surface area contributed by atoms with Crippen LogP contribution in [0.1, 0.15) is 51.7 Å². The van der Waals surface area contributed by atoms with E-state index in [1.54, 1.807) is 0 Å². The molecule has 0 aliphatic heterocycles. The maximum absolute atomic E-state index is 10.5. The molecule has 2 aromatic carbocycles. The number of alkyl halides is 1. The van der Waals surface area contributed by atoms with E-state index in [0.29, 0.717) is 5.88 Å². The Bertz CT molecular complexity index is 832. The van der Waals surface area contributed by atoms with Crippen LogP contribution < -0.4 is 10.5 Å². The van der Waals surface area contributed by atoms with E-state index >= 15 is 0 Å². The summed E-state index contributed by atoms with van der Waals surface area (Å²) in [6.45, 7) is 10.7. The fourth-order valence-corrected chi connectivity index (χ4v) is 2.88. The van der Waals surface area contributed by atoms with Gasteiger partial charge in [0.05, 0.1) is 19.3 Å². The smallest absolute Gasteiger partial charge is 0.331 e. The molecule has 2 N–H and O–H groups in total. The molecule has 0 spiro atoms. The Morgan fingerprint density at radius 3 is 2.21 bits per heavy atom. The summed E-state index contributed by atoms with van der Waals surface area (Å²) in [7, 11) is 1.34. The minimum Gasteiger partial charge on any atom is -0.494 e. The number of halogens is 1. The number of esters is 1. The Morgan fingerprint density at radius 1 is 1.09 bits per heavy atom. The first-order chi connectivity index (χ1) is 16.1. The highest BCUT2D eigenvalue weighted by molar-refractivity contribution is 6.17. The normalized spacial score (nSPS) is 10.2. The highest BCUT2D eigenvalue weighted by Gasteiger charge is 2.12. The monoisotopic (exact) mass is 493 g/mol. The largest absolute Gasteiger partial charge is 0.494 e. The second kappa shape index (κ2) is 17.8. The zero-order valence-electron chi connectivity index (χ0n) is 21.4. The van der Waals surface area contributed by atoms with Crippen LogP contribution in [0.3, 0.4) is 0 Å². The van der Waals surface area contributed by atoms with E-state index in [2.05, 4.69) is 66.8 Å². The van der Waals surface area contributed by atoms with Crippen molar-refractivity contribution in [3.8, 4) is 16.9 Å². The molecule has 0 fully saturated rings. The molecule has 190 valence electrons. The van der Waals surface area contributed by atoms with Crippen molar-refractivity contribution in [3.05, 3.63) is 53.6 Å². The van der Waals surface area contributed by atoms with Crippen LogP contribution in [0.2, 0.25) is 0 Å². The van der Waals surface area contributed by atoms with E-state index in [1.165, 1.54) is 29.4 Å². The lowest BCUT2D eigenvalue weighted by atomic mass is 9.97. The first-order valence-corrected chi connectivity index (χ1v) is 11.9. The molecular formula is C27H40ClNO5. The predicted molar refractivity (Wildman–Crippen MR) is 139 cm³/mol. The standard InChI is InChI=1S/C19H23ClO.C7H14O3.CH3NO/c1-3-16-14-18(21-13-5-4-12-20)10-11-19(16)17-8-6-15(2)7-9-17;1-7(2,3)10-5-6(8)9-4;2-1-3/h6-11,14H,3-5,12-13H2,1-2H3;5H2,1-4H3;1H,(H2,2,3). The third-order valence-corrected chi connectivity index (χ3v) is 4.73. The number of hydrogen-bond donors (Lipinski definition) is 1. The van der Waals surface area contributed by atoms with Crippen LogP contribution in [0, 0.1) is 6.92 Å². The number of primary amides is 1. The average Bonchev–Trinajstić information content (AvgIpc) is 2.81. The van der Waals surface area contributed by atoms with Crippen LogP contribution >= 0.6 is 11.6 Å². The summed E-state index contributed by atoms with van der Waals surface area (Å²) in [5.41, 5.74) is 9.08.